The van der Waals surface area contributed by atoms with Crippen LogP contribution in [0.5, 0.6) is 11.5 Å². The molecule has 0 fully saturated rings. The van der Waals surface area contributed by atoms with Crippen LogP contribution in [0.15, 0.2) is 12.1 Å². The Morgan fingerprint density at radius 1 is 0.900 bits per heavy atom. The van der Waals surface area contributed by atoms with E-state index in [0.29, 0.717) is 0 Å². The lowest BCUT2D eigenvalue weighted by atomic mass is 9.79. The molecule has 4 radical (unpaired) electrons. The van der Waals surface area contributed by atoms with Crippen LogP contribution in [-0.2, 0) is 0 Å². The van der Waals surface area contributed by atoms with Gasteiger partial charge in [-0.2, -0.15) is 0 Å². The second-order valence-electron chi connectivity index (χ2n) is 1.93. The summed E-state index contributed by atoms with van der Waals surface area (Å²) < 4.78 is 0. The molecule has 0 saturated carbocycles. The van der Waals surface area contributed by atoms with Crippen LogP contribution in [0.4, 0.5) is 0 Å². The van der Waals surface area contributed by atoms with Crippen LogP contribution >= 0.6 is 0 Å². The van der Waals surface area contributed by atoms with E-state index < -0.39 is 0 Å². The summed E-state index contributed by atoms with van der Waals surface area (Å²) >= 11 is 0. The standard InChI is InChI=1S/C6H4B2O2/c7-5-3(9)1-2-4(10)6(5)8/h1-2,9-10H. The van der Waals surface area contributed by atoms with Crippen LogP contribution in [0.2, 0.25) is 0 Å². The molecule has 1 rings (SSSR count). The topological polar surface area (TPSA) is 40.5 Å². The third-order valence-corrected chi connectivity index (χ3v) is 1.24. The van der Waals surface area contributed by atoms with Crippen molar-refractivity contribution in [3.05, 3.63) is 12.1 Å². The first-order valence-electron chi connectivity index (χ1n) is 2.69. The Hall–Kier alpha value is -1.05. The molecule has 10 heavy (non-hydrogen) atoms. The van der Waals surface area contributed by atoms with Gasteiger partial charge in [0.15, 0.2) is 0 Å². The molecule has 1 aromatic carbocycles. The molecule has 2 N–H and O–H groups in total. The highest BCUT2D eigenvalue weighted by Crippen LogP contribution is 2.07. The molecule has 0 bridgehead atoms. The van der Waals surface area contributed by atoms with Gasteiger partial charge in [-0.1, -0.05) is 10.9 Å². The quantitative estimate of drug-likeness (QED) is 0.337. The smallest absolute Gasteiger partial charge is 0.118 e. The van der Waals surface area contributed by atoms with E-state index in [1.807, 2.05) is 0 Å². The monoisotopic (exact) mass is 130 g/mol. The first kappa shape index (κ1) is 7.06. The van der Waals surface area contributed by atoms with Gasteiger partial charge in [-0.25, -0.2) is 0 Å². The zero-order valence-electron chi connectivity index (χ0n) is 5.20. The van der Waals surface area contributed by atoms with E-state index in [2.05, 4.69) is 0 Å². The Bertz CT molecular complexity index is 233. The lowest BCUT2D eigenvalue weighted by molar-refractivity contribution is 0.467. The van der Waals surface area contributed by atoms with E-state index >= 15 is 0 Å². The summed E-state index contributed by atoms with van der Waals surface area (Å²) in [5.74, 6) is -0.231. The zero-order valence-corrected chi connectivity index (χ0v) is 5.20. The van der Waals surface area contributed by atoms with Gasteiger partial charge in [-0.05, 0) is 12.1 Å². The molecule has 0 aliphatic heterocycles. The molecule has 1 aromatic rings. The van der Waals surface area contributed by atoms with E-state index in [1.165, 1.54) is 12.1 Å². The highest BCUT2D eigenvalue weighted by molar-refractivity contribution is 6.50. The molecular weight excluding hydrogens is 126 g/mol. The molecule has 0 spiro atoms. The van der Waals surface area contributed by atoms with Crippen LogP contribution in [-0.4, -0.2) is 25.9 Å². The van der Waals surface area contributed by atoms with Crippen LogP contribution in [0, 0.1) is 0 Å². The summed E-state index contributed by atoms with van der Waals surface area (Å²) in [5, 5.41) is 17.8. The summed E-state index contributed by atoms with van der Waals surface area (Å²) in [5.41, 5.74) is 0.0278. The maximum Gasteiger partial charge on any atom is 0.118 e. The van der Waals surface area contributed by atoms with Crippen molar-refractivity contribution in [1.29, 1.82) is 0 Å². The minimum absolute atomic E-state index is 0.0139. The largest absolute Gasteiger partial charge is 0.509 e. The van der Waals surface area contributed by atoms with Gasteiger partial charge in [0.2, 0.25) is 0 Å². The van der Waals surface area contributed by atoms with Gasteiger partial charge in [0, 0.05) is 0 Å². The van der Waals surface area contributed by atoms with Gasteiger partial charge < -0.3 is 10.2 Å². The van der Waals surface area contributed by atoms with Gasteiger partial charge in [-0.15, -0.1) is 0 Å². The number of phenolic OH excluding ortho intramolecular Hbond substituents is 2. The fraction of sp³-hybridized carbons (Fsp3) is 0. The van der Waals surface area contributed by atoms with Crippen LogP contribution in [0.1, 0.15) is 0 Å². The minimum atomic E-state index is -0.115. The Morgan fingerprint density at radius 3 is 1.50 bits per heavy atom. The van der Waals surface area contributed by atoms with Gasteiger partial charge in [-0.3, -0.25) is 0 Å². The molecule has 0 aromatic heterocycles. The molecule has 0 heterocycles. The first-order valence-corrected chi connectivity index (χ1v) is 2.69. The van der Waals surface area contributed by atoms with Gasteiger partial charge in [0.1, 0.15) is 27.2 Å². The van der Waals surface area contributed by atoms with Crippen molar-refractivity contribution in [2.24, 2.45) is 0 Å². The predicted molar refractivity (Wildman–Crippen MR) is 40.5 cm³/mol. The zero-order chi connectivity index (χ0) is 7.72. The minimum Gasteiger partial charge on any atom is -0.509 e. The van der Waals surface area contributed by atoms with Crippen LogP contribution in [0.25, 0.3) is 0 Å². The summed E-state index contributed by atoms with van der Waals surface area (Å²) in [4.78, 5) is 0. The maximum atomic E-state index is 8.91. The Balaban J connectivity index is 3.34. The fourth-order valence-corrected chi connectivity index (χ4v) is 0.613. The molecule has 2 nitrogen and oxygen atoms in total. The van der Waals surface area contributed by atoms with Crippen LogP contribution < -0.4 is 10.9 Å². The molecule has 0 amide bonds. The van der Waals surface area contributed by atoms with E-state index in [9.17, 15) is 0 Å². The summed E-state index contributed by atoms with van der Waals surface area (Å²) in [6.45, 7) is 0. The van der Waals surface area contributed by atoms with Gasteiger partial charge >= 0.3 is 0 Å². The Kier molecular flexibility index (Phi) is 1.62. The van der Waals surface area contributed by atoms with Crippen molar-refractivity contribution in [2.75, 3.05) is 0 Å². The molecule has 46 valence electrons. The summed E-state index contributed by atoms with van der Waals surface area (Å²) in [6, 6.07) is 2.56. The van der Waals surface area contributed by atoms with E-state index in [0.717, 1.165) is 0 Å². The number of hydrogen-bond acceptors (Lipinski definition) is 2. The molecule has 0 unspecified atom stereocenters. The highest BCUT2D eigenvalue weighted by atomic mass is 16.3. The van der Waals surface area contributed by atoms with E-state index in [4.69, 9.17) is 25.9 Å². The Morgan fingerprint density at radius 2 is 1.20 bits per heavy atom. The number of aromatic hydroxyl groups is 2. The van der Waals surface area contributed by atoms with E-state index in [-0.39, 0.29) is 22.4 Å². The number of hydrogen-bond donors (Lipinski definition) is 2. The maximum absolute atomic E-state index is 8.91. The molecule has 4 heteroatoms. The first-order chi connectivity index (χ1) is 4.63. The van der Waals surface area contributed by atoms with Crippen molar-refractivity contribution >= 4 is 26.6 Å². The average molecular weight is 130 g/mol. The van der Waals surface area contributed by atoms with Crippen molar-refractivity contribution in [3.63, 3.8) is 0 Å². The molecule has 0 saturated heterocycles. The predicted octanol–water partition coefficient (Wildman–Crippen LogP) is -1.31. The number of rotatable bonds is 0. The second-order valence-corrected chi connectivity index (χ2v) is 1.93. The van der Waals surface area contributed by atoms with Crippen molar-refractivity contribution in [1.82, 2.24) is 0 Å². The molecule has 0 atom stereocenters. The molecule has 0 aliphatic rings. The van der Waals surface area contributed by atoms with E-state index in [1.54, 1.807) is 0 Å². The second kappa shape index (κ2) is 2.29. The third-order valence-electron chi connectivity index (χ3n) is 1.24. The normalized spacial score (nSPS) is 9.60. The lowest BCUT2D eigenvalue weighted by Gasteiger charge is -2.04. The van der Waals surface area contributed by atoms with Gasteiger partial charge in [0.05, 0.1) is 0 Å². The molecule has 0 aliphatic carbocycles. The number of benzene rings is 1. The van der Waals surface area contributed by atoms with Crippen LogP contribution in [0.3, 0.4) is 0 Å². The number of phenols is 2. The summed E-state index contributed by atoms with van der Waals surface area (Å²) in [6.07, 6.45) is 0. The Labute approximate surface area is 61.3 Å². The van der Waals surface area contributed by atoms with Crippen molar-refractivity contribution in [3.8, 4) is 11.5 Å². The lowest BCUT2D eigenvalue weighted by Crippen LogP contribution is -2.25. The van der Waals surface area contributed by atoms with Gasteiger partial charge in [0.25, 0.3) is 0 Å². The SMILES string of the molecule is [B]c1c(O)ccc(O)c1[B]. The average Bonchev–Trinajstić information content (AvgIpc) is 1.93. The molecular formula is C6H4B2O2. The van der Waals surface area contributed by atoms with Crippen molar-refractivity contribution < 1.29 is 10.2 Å². The highest BCUT2D eigenvalue weighted by Gasteiger charge is 2.01. The third kappa shape index (κ3) is 0.967. The fourth-order valence-electron chi connectivity index (χ4n) is 0.613. The summed E-state index contributed by atoms with van der Waals surface area (Å²) in [7, 11) is 10.5. The van der Waals surface area contributed by atoms with Crippen molar-refractivity contribution in [2.45, 2.75) is 0 Å².